The Morgan fingerprint density at radius 2 is 2.12 bits per heavy atom. The maximum atomic E-state index is 11.5. The van der Waals surface area contributed by atoms with Crippen LogP contribution in [-0.2, 0) is 14.6 Å². The molecular weight excluding hydrogens is 240 g/mol. The first-order valence-corrected chi connectivity index (χ1v) is 7.76. The molecule has 17 heavy (non-hydrogen) atoms. The van der Waals surface area contributed by atoms with Gasteiger partial charge in [-0.05, 0) is 32.6 Å². The fraction of sp³-hybridized carbons (Fsp3) is 0.909. The number of hydrogen-bond acceptors (Lipinski definition) is 4. The Hall–Kier alpha value is -0.620. The Balaban J connectivity index is 2.21. The van der Waals surface area contributed by atoms with Gasteiger partial charge in [0, 0.05) is 18.5 Å². The normalized spacial score (nSPS) is 23.6. The van der Waals surface area contributed by atoms with Gasteiger partial charge in [-0.15, -0.1) is 0 Å². The van der Waals surface area contributed by atoms with Crippen molar-refractivity contribution in [3.05, 3.63) is 0 Å². The molecule has 1 heterocycles. The number of nitrogens with one attached hydrogen (secondary N) is 1. The van der Waals surface area contributed by atoms with Gasteiger partial charge in [0.1, 0.15) is 0 Å². The van der Waals surface area contributed by atoms with Gasteiger partial charge in [0.15, 0.2) is 9.84 Å². The standard InChI is InChI=1S/C11H22N2O3S/c1-11(2,12)5-3-10(14)13-7-9-4-6-17(15,16)8-9/h9H,3-8,12H2,1-2H3,(H,13,14). The van der Waals surface area contributed by atoms with Gasteiger partial charge in [-0.25, -0.2) is 8.42 Å². The molecular formula is C11H22N2O3S. The highest BCUT2D eigenvalue weighted by atomic mass is 32.2. The molecule has 0 aromatic heterocycles. The molecule has 0 spiro atoms. The summed E-state index contributed by atoms with van der Waals surface area (Å²) in [6.07, 6.45) is 1.68. The van der Waals surface area contributed by atoms with Gasteiger partial charge in [0.05, 0.1) is 11.5 Å². The zero-order valence-corrected chi connectivity index (χ0v) is 11.3. The smallest absolute Gasteiger partial charge is 0.220 e. The summed E-state index contributed by atoms with van der Waals surface area (Å²) in [6.45, 7) is 4.22. The van der Waals surface area contributed by atoms with E-state index in [-0.39, 0.29) is 28.9 Å². The second-order valence-electron chi connectivity index (χ2n) is 5.56. The Labute approximate surface area is 103 Å². The SMILES string of the molecule is CC(C)(N)CCC(=O)NCC1CCS(=O)(=O)C1. The Morgan fingerprint density at radius 1 is 1.47 bits per heavy atom. The highest BCUT2D eigenvalue weighted by molar-refractivity contribution is 7.91. The first kappa shape index (κ1) is 14.4. The molecule has 5 nitrogen and oxygen atoms in total. The molecule has 3 N–H and O–H groups in total. The van der Waals surface area contributed by atoms with Crippen molar-refractivity contribution in [2.24, 2.45) is 11.7 Å². The van der Waals surface area contributed by atoms with Crippen LogP contribution in [0.25, 0.3) is 0 Å². The van der Waals surface area contributed by atoms with E-state index in [1.165, 1.54) is 0 Å². The molecule has 1 rings (SSSR count). The van der Waals surface area contributed by atoms with Crippen molar-refractivity contribution in [2.75, 3.05) is 18.1 Å². The highest BCUT2D eigenvalue weighted by Gasteiger charge is 2.27. The molecule has 1 aliphatic heterocycles. The number of hydrogen-bond donors (Lipinski definition) is 2. The molecule has 0 radical (unpaired) electrons. The quantitative estimate of drug-likeness (QED) is 0.733. The predicted molar refractivity (Wildman–Crippen MR) is 67.3 cm³/mol. The van der Waals surface area contributed by atoms with E-state index in [1.54, 1.807) is 0 Å². The summed E-state index contributed by atoms with van der Waals surface area (Å²) in [4.78, 5) is 11.5. The number of nitrogens with two attached hydrogens (primary N) is 1. The molecule has 1 unspecified atom stereocenters. The molecule has 1 fully saturated rings. The van der Waals surface area contributed by atoms with Gasteiger partial charge < -0.3 is 11.1 Å². The van der Waals surface area contributed by atoms with Crippen molar-refractivity contribution in [1.29, 1.82) is 0 Å². The molecule has 100 valence electrons. The van der Waals surface area contributed by atoms with E-state index in [9.17, 15) is 13.2 Å². The van der Waals surface area contributed by atoms with E-state index in [2.05, 4.69) is 5.32 Å². The first-order chi connectivity index (χ1) is 7.68. The van der Waals surface area contributed by atoms with Crippen LogP contribution in [0.3, 0.4) is 0 Å². The largest absolute Gasteiger partial charge is 0.356 e. The van der Waals surface area contributed by atoms with Gasteiger partial charge in [0.2, 0.25) is 5.91 Å². The molecule has 1 aliphatic rings. The van der Waals surface area contributed by atoms with Crippen molar-refractivity contribution in [3.8, 4) is 0 Å². The topological polar surface area (TPSA) is 89.3 Å². The minimum atomic E-state index is -2.85. The lowest BCUT2D eigenvalue weighted by Crippen LogP contribution is -2.35. The maximum absolute atomic E-state index is 11.5. The first-order valence-electron chi connectivity index (χ1n) is 5.94. The molecule has 0 bridgehead atoms. The van der Waals surface area contributed by atoms with Crippen molar-refractivity contribution in [1.82, 2.24) is 5.32 Å². The van der Waals surface area contributed by atoms with Crippen LogP contribution >= 0.6 is 0 Å². The number of sulfone groups is 1. The fourth-order valence-corrected chi connectivity index (χ4v) is 3.68. The molecule has 0 aliphatic carbocycles. The number of carbonyl (C=O) groups is 1. The van der Waals surface area contributed by atoms with Crippen molar-refractivity contribution < 1.29 is 13.2 Å². The summed E-state index contributed by atoms with van der Waals surface area (Å²) in [5.41, 5.74) is 5.44. The van der Waals surface area contributed by atoms with Crippen LogP contribution in [0, 0.1) is 5.92 Å². The zero-order valence-electron chi connectivity index (χ0n) is 10.5. The van der Waals surface area contributed by atoms with Crippen LogP contribution in [0.4, 0.5) is 0 Å². The zero-order chi connectivity index (χ0) is 13.1. The van der Waals surface area contributed by atoms with Crippen LogP contribution in [0.5, 0.6) is 0 Å². The summed E-state index contributed by atoms with van der Waals surface area (Å²) < 4.78 is 22.4. The molecule has 1 saturated heterocycles. The van der Waals surface area contributed by atoms with Crippen molar-refractivity contribution in [3.63, 3.8) is 0 Å². The minimum Gasteiger partial charge on any atom is -0.356 e. The highest BCUT2D eigenvalue weighted by Crippen LogP contribution is 2.17. The van der Waals surface area contributed by atoms with E-state index in [1.807, 2.05) is 13.8 Å². The van der Waals surface area contributed by atoms with Crippen molar-refractivity contribution >= 4 is 15.7 Å². The van der Waals surface area contributed by atoms with Gasteiger partial charge in [-0.1, -0.05) is 0 Å². The van der Waals surface area contributed by atoms with Crippen LogP contribution in [0.1, 0.15) is 33.1 Å². The maximum Gasteiger partial charge on any atom is 0.220 e. The molecule has 1 amide bonds. The number of amides is 1. The van der Waals surface area contributed by atoms with Crippen molar-refractivity contribution in [2.45, 2.75) is 38.6 Å². The summed E-state index contributed by atoms with van der Waals surface area (Å²) in [7, 11) is -2.85. The Bertz CT molecular complexity index is 371. The van der Waals surface area contributed by atoms with Gasteiger partial charge in [0.25, 0.3) is 0 Å². The molecule has 0 saturated carbocycles. The second-order valence-corrected chi connectivity index (χ2v) is 7.79. The van der Waals surface area contributed by atoms with Gasteiger partial charge in [-0.2, -0.15) is 0 Å². The fourth-order valence-electron chi connectivity index (χ4n) is 1.82. The van der Waals surface area contributed by atoms with Crippen LogP contribution in [0.2, 0.25) is 0 Å². The lowest BCUT2D eigenvalue weighted by molar-refractivity contribution is -0.121. The average molecular weight is 262 g/mol. The third-order valence-corrected chi connectivity index (χ3v) is 4.75. The third-order valence-electron chi connectivity index (χ3n) is 2.91. The summed E-state index contributed by atoms with van der Waals surface area (Å²) in [6, 6.07) is 0. The van der Waals surface area contributed by atoms with E-state index < -0.39 is 9.84 Å². The monoisotopic (exact) mass is 262 g/mol. The lowest BCUT2D eigenvalue weighted by Gasteiger charge is -2.18. The van der Waals surface area contributed by atoms with Crippen LogP contribution < -0.4 is 11.1 Å². The van der Waals surface area contributed by atoms with Gasteiger partial charge in [-0.3, -0.25) is 4.79 Å². The molecule has 6 heteroatoms. The summed E-state index contributed by atoms with van der Waals surface area (Å²) in [5.74, 6) is 0.488. The second kappa shape index (κ2) is 5.35. The van der Waals surface area contributed by atoms with E-state index in [0.717, 1.165) is 0 Å². The van der Waals surface area contributed by atoms with E-state index >= 15 is 0 Å². The van der Waals surface area contributed by atoms with E-state index in [4.69, 9.17) is 5.73 Å². The van der Waals surface area contributed by atoms with Gasteiger partial charge >= 0.3 is 0 Å². The van der Waals surface area contributed by atoms with E-state index in [0.29, 0.717) is 25.8 Å². The number of carbonyl (C=O) groups excluding carboxylic acids is 1. The minimum absolute atomic E-state index is 0.0483. The summed E-state index contributed by atoms with van der Waals surface area (Å²) in [5, 5.41) is 2.78. The predicted octanol–water partition coefficient (Wildman–Crippen LogP) is 0.0548. The van der Waals surface area contributed by atoms with Crippen LogP contribution in [-0.4, -0.2) is 37.9 Å². The Kier molecular flexibility index (Phi) is 4.55. The van der Waals surface area contributed by atoms with Crippen LogP contribution in [0.15, 0.2) is 0 Å². The third kappa shape index (κ3) is 6.02. The average Bonchev–Trinajstić information content (AvgIpc) is 2.51. The number of rotatable bonds is 5. The summed E-state index contributed by atoms with van der Waals surface area (Å²) >= 11 is 0. The Morgan fingerprint density at radius 3 is 2.59 bits per heavy atom. The molecule has 0 aromatic carbocycles. The molecule has 1 atom stereocenters. The molecule has 0 aromatic rings. The lowest BCUT2D eigenvalue weighted by atomic mass is 10.00.